The van der Waals surface area contributed by atoms with E-state index in [2.05, 4.69) is 35.7 Å². The van der Waals surface area contributed by atoms with E-state index >= 15 is 0 Å². The molecule has 2 aliphatic heterocycles. The van der Waals surface area contributed by atoms with Crippen molar-refractivity contribution in [1.82, 2.24) is 19.8 Å². The second kappa shape index (κ2) is 16.4. The Morgan fingerprint density at radius 2 is 1.64 bits per heavy atom. The highest BCUT2D eigenvalue weighted by Crippen LogP contribution is 2.39. The largest absolute Gasteiger partial charge is 0.444 e. The summed E-state index contributed by atoms with van der Waals surface area (Å²) in [6.07, 6.45) is -1.57. The number of rotatable bonds is 9. The average Bonchev–Trinajstić information content (AvgIpc) is 3.08. The Morgan fingerprint density at radius 1 is 0.962 bits per heavy atom. The molecule has 2 fully saturated rings. The SMILES string of the molecule is CC(C)(C)OC(=O)N1CCN(C2CCN(c3ccc(Nc4ncc(Cl)c(Nc5ccccc5P(C)(C)=O)n4)cc3NC(=O)/C=C/C(F)(F)F)CC2)CC1. The van der Waals surface area contributed by atoms with Crippen LogP contribution in [0, 0.1) is 0 Å². The van der Waals surface area contributed by atoms with Gasteiger partial charge in [-0.05, 0) is 77.3 Å². The van der Waals surface area contributed by atoms with Crippen LogP contribution in [0.15, 0.2) is 60.8 Å². The number of halogens is 4. The first-order chi connectivity index (χ1) is 24.8. The third kappa shape index (κ3) is 11.3. The predicted octanol–water partition coefficient (Wildman–Crippen LogP) is 7.44. The molecule has 2 amide bonds. The maximum atomic E-state index is 12.9. The number of allylic oxidation sites excluding steroid dienone is 1. The van der Waals surface area contributed by atoms with Gasteiger partial charge in [-0.15, -0.1) is 0 Å². The molecule has 0 atom stereocenters. The van der Waals surface area contributed by atoms with Gasteiger partial charge in [-0.3, -0.25) is 9.69 Å². The van der Waals surface area contributed by atoms with E-state index in [-0.39, 0.29) is 29.0 Å². The second-order valence-electron chi connectivity index (χ2n) is 14.3. The highest BCUT2D eigenvalue weighted by atomic mass is 35.5. The van der Waals surface area contributed by atoms with E-state index in [0.29, 0.717) is 66.4 Å². The van der Waals surface area contributed by atoms with Gasteiger partial charge in [0.25, 0.3) is 0 Å². The van der Waals surface area contributed by atoms with Crippen LogP contribution in [0.5, 0.6) is 0 Å². The summed E-state index contributed by atoms with van der Waals surface area (Å²) in [5.41, 5.74) is 1.44. The van der Waals surface area contributed by atoms with Gasteiger partial charge in [0.2, 0.25) is 11.9 Å². The Kier molecular flexibility index (Phi) is 12.3. The van der Waals surface area contributed by atoms with Crippen LogP contribution >= 0.6 is 18.7 Å². The maximum Gasteiger partial charge on any atom is 0.410 e. The van der Waals surface area contributed by atoms with Crippen LogP contribution in [0.1, 0.15) is 33.6 Å². The number of ether oxygens (including phenoxy) is 1. The van der Waals surface area contributed by atoms with Gasteiger partial charge in [0.05, 0.1) is 23.3 Å². The first kappa shape index (κ1) is 39.9. The minimum Gasteiger partial charge on any atom is -0.444 e. The quantitative estimate of drug-likeness (QED) is 0.149. The molecule has 0 radical (unpaired) electrons. The van der Waals surface area contributed by atoms with Gasteiger partial charge in [0, 0.05) is 68.5 Å². The fraction of sp³-hybridized carbons (Fsp3) is 0.444. The molecule has 0 bridgehead atoms. The van der Waals surface area contributed by atoms with E-state index in [4.69, 9.17) is 16.3 Å². The van der Waals surface area contributed by atoms with Crippen LogP contribution in [0.4, 0.5) is 52.5 Å². The number of piperidine rings is 1. The summed E-state index contributed by atoms with van der Waals surface area (Å²) in [6, 6.07) is 12.6. The van der Waals surface area contributed by atoms with Gasteiger partial charge in [-0.1, -0.05) is 23.7 Å². The number of benzene rings is 2. The monoisotopic (exact) mass is 776 g/mol. The fourth-order valence-corrected chi connectivity index (χ4v) is 7.52. The highest BCUT2D eigenvalue weighted by molar-refractivity contribution is 7.70. The van der Waals surface area contributed by atoms with Crippen molar-refractivity contribution in [1.29, 1.82) is 0 Å². The summed E-state index contributed by atoms with van der Waals surface area (Å²) in [4.78, 5) is 40.2. The Balaban J connectivity index is 1.30. The number of alkyl halides is 3. The second-order valence-corrected chi connectivity index (χ2v) is 17.9. The Hall–Kier alpha value is -4.33. The van der Waals surface area contributed by atoms with Gasteiger partial charge >= 0.3 is 12.3 Å². The van der Waals surface area contributed by atoms with Gasteiger partial charge in [-0.2, -0.15) is 18.2 Å². The lowest BCUT2D eigenvalue weighted by Gasteiger charge is -2.43. The number of carbonyl (C=O) groups is 2. The molecule has 2 saturated heterocycles. The smallest absolute Gasteiger partial charge is 0.410 e. The predicted molar refractivity (Wildman–Crippen MR) is 204 cm³/mol. The zero-order valence-corrected chi connectivity index (χ0v) is 32.0. The number of hydrogen-bond donors (Lipinski definition) is 3. The van der Waals surface area contributed by atoms with Crippen LogP contribution in [-0.2, 0) is 14.1 Å². The molecule has 1 aromatic heterocycles. The van der Waals surface area contributed by atoms with E-state index in [1.165, 1.54) is 6.20 Å². The third-order valence-electron chi connectivity index (χ3n) is 8.70. The number of aromatic nitrogens is 2. The topological polar surface area (TPSA) is 132 Å². The molecule has 12 nitrogen and oxygen atoms in total. The van der Waals surface area contributed by atoms with Gasteiger partial charge in [0.15, 0.2) is 5.82 Å². The maximum absolute atomic E-state index is 12.9. The summed E-state index contributed by atoms with van der Waals surface area (Å²) in [5.74, 6) is -0.516. The molecular formula is C36H45ClF3N8O4P. The molecule has 0 aliphatic carbocycles. The van der Waals surface area contributed by atoms with Crippen molar-refractivity contribution in [3.63, 3.8) is 0 Å². The number of carbonyl (C=O) groups excluding carboxylic acids is 2. The number of hydrogen-bond acceptors (Lipinski definition) is 10. The molecular weight excluding hydrogens is 732 g/mol. The van der Waals surface area contributed by atoms with E-state index in [0.717, 1.165) is 25.9 Å². The van der Waals surface area contributed by atoms with Crippen LogP contribution in [0.25, 0.3) is 0 Å². The number of nitrogens with one attached hydrogen (secondary N) is 3. The normalized spacial score (nSPS) is 16.5. The molecule has 2 aromatic carbocycles. The minimum atomic E-state index is -4.65. The Morgan fingerprint density at radius 3 is 2.28 bits per heavy atom. The van der Waals surface area contributed by atoms with Crippen molar-refractivity contribution < 1.29 is 32.1 Å². The Bertz CT molecular complexity index is 1870. The lowest BCUT2D eigenvalue weighted by molar-refractivity contribution is -0.112. The minimum absolute atomic E-state index is 0.109. The molecule has 3 N–H and O–H groups in total. The van der Waals surface area contributed by atoms with Crippen molar-refractivity contribution >= 4 is 70.6 Å². The van der Waals surface area contributed by atoms with Gasteiger partial charge in [-0.25, -0.2) is 9.78 Å². The lowest BCUT2D eigenvalue weighted by Crippen LogP contribution is -2.55. The van der Waals surface area contributed by atoms with E-state index in [1.54, 1.807) is 60.7 Å². The van der Waals surface area contributed by atoms with Crippen molar-refractivity contribution in [2.24, 2.45) is 0 Å². The van der Waals surface area contributed by atoms with E-state index in [1.807, 2.05) is 20.8 Å². The number of piperazine rings is 1. The van der Waals surface area contributed by atoms with E-state index < -0.39 is 24.8 Å². The fourth-order valence-electron chi connectivity index (χ4n) is 6.22. The van der Waals surface area contributed by atoms with Crippen molar-refractivity contribution in [2.75, 3.05) is 73.4 Å². The highest BCUT2D eigenvalue weighted by Gasteiger charge is 2.31. The summed E-state index contributed by atoms with van der Waals surface area (Å²) in [5, 5.41) is 9.71. The van der Waals surface area contributed by atoms with Crippen molar-refractivity contribution in [2.45, 2.75) is 51.4 Å². The molecule has 53 heavy (non-hydrogen) atoms. The first-order valence-corrected chi connectivity index (χ1v) is 20.2. The molecule has 0 saturated carbocycles. The summed E-state index contributed by atoms with van der Waals surface area (Å²) in [6.45, 7) is 12.8. The zero-order chi connectivity index (χ0) is 38.6. The first-order valence-electron chi connectivity index (χ1n) is 17.2. The number of para-hydroxylation sites is 1. The van der Waals surface area contributed by atoms with Crippen molar-refractivity contribution in [3.05, 3.63) is 65.8 Å². The standard InChI is InChI=1S/C36H45ClF3N8O4P/c1-35(2,3)52-34(50)48-20-18-46(19-21-48)25-13-16-47(17-14-25)29-11-10-24(22-28(29)43-31(49)12-15-36(38,39)40)42-33-41-23-26(37)32(45-33)44-27-8-6-7-9-30(27)53(4,5)51/h6-12,15,22-23,25H,13-14,16-21H2,1-5H3,(H,43,49)(H2,41,42,44,45)/b15-12+. The summed E-state index contributed by atoms with van der Waals surface area (Å²) >= 11 is 6.42. The molecule has 3 heterocycles. The third-order valence-corrected chi connectivity index (χ3v) is 10.5. The zero-order valence-electron chi connectivity index (χ0n) is 30.3. The lowest BCUT2D eigenvalue weighted by atomic mass is 10.0. The van der Waals surface area contributed by atoms with Crippen LogP contribution in [-0.4, -0.2) is 102 Å². The van der Waals surface area contributed by atoms with E-state index in [9.17, 15) is 27.3 Å². The number of nitrogens with zero attached hydrogens (tertiary/aromatic N) is 5. The van der Waals surface area contributed by atoms with Crippen LogP contribution in [0.2, 0.25) is 5.02 Å². The van der Waals surface area contributed by atoms with Crippen LogP contribution in [0.3, 0.4) is 0 Å². The molecule has 0 spiro atoms. The number of anilines is 6. The Labute approximate surface area is 312 Å². The summed E-state index contributed by atoms with van der Waals surface area (Å²) < 4.78 is 57.0. The molecule has 0 unspecified atom stereocenters. The van der Waals surface area contributed by atoms with Crippen molar-refractivity contribution in [3.8, 4) is 0 Å². The molecule has 17 heteroatoms. The van der Waals surface area contributed by atoms with Gasteiger partial charge < -0.3 is 35.1 Å². The summed E-state index contributed by atoms with van der Waals surface area (Å²) in [7, 11) is -2.64. The number of amides is 2. The average molecular weight is 777 g/mol. The van der Waals surface area contributed by atoms with Gasteiger partial charge in [0.1, 0.15) is 17.8 Å². The molecule has 3 aromatic rings. The molecule has 5 rings (SSSR count). The molecule has 286 valence electrons. The molecule has 2 aliphatic rings. The van der Waals surface area contributed by atoms with Crippen LogP contribution < -0.4 is 26.2 Å².